The number of esters is 4. The summed E-state index contributed by atoms with van der Waals surface area (Å²) in [7, 11) is 0. The molecule has 0 aromatic rings. The van der Waals surface area contributed by atoms with Gasteiger partial charge in [0.05, 0.1) is 5.60 Å². The molecule has 4 aliphatic carbocycles. The van der Waals surface area contributed by atoms with Gasteiger partial charge >= 0.3 is 23.9 Å². The van der Waals surface area contributed by atoms with E-state index in [9.17, 15) is 29.4 Å². The van der Waals surface area contributed by atoms with Crippen LogP contribution in [0.25, 0.3) is 0 Å². The van der Waals surface area contributed by atoms with Gasteiger partial charge in [0.2, 0.25) is 0 Å². The molecular weight excluding hydrogens is 508 g/mol. The average Bonchev–Trinajstić information content (AvgIpc) is 3.12. The summed E-state index contributed by atoms with van der Waals surface area (Å²) in [4.78, 5) is 48.8. The van der Waals surface area contributed by atoms with Crippen molar-refractivity contribution >= 4 is 23.9 Å². The number of hydrogen-bond donors (Lipinski definition) is 2. The molecule has 0 aromatic heterocycles. The molecular formula is C29H44O10. The molecule has 11 atom stereocenters. The van der Waals surface area contributed by atoms with Gasteiger partial charge in [-0.2, -0.15) is 0 Å². The first-order chi connectivity index (χ1) is 18.2. The molecule has 5 unspecified atom stereocenters. The lowest BCUT2D eigenvalue weighted by atomic mass is 9.41. The quantitative estimate of drug-likeness (QED) is 0.372. The summed E-state index contributed by atoms with van der Waals surface area (Å²) >= 11 is 0. The van der Waals surface area contributed by atoms with Crippen molar-refractivity contribution in [1.82, 2.24) is 0 Å². The van der Waals surface area contributed by atoms with Gasteiger partial charge < -0.3 is 29.2 Å². The summed E-state index contributed by atoms with van der Waals surface area (Å²) in [6, 6.07) is 0. The van der Waals surface area contributed by atoms with E-state index in [-0.39, 0.29) is 35.7 Å². The van der Waals surface area contributed by atoms with Crippen LogP contribution in [-0.4, -0.2) is 70.7 Å². The van der Waals surface area contributed by atoms with Crippen LogP contribution in [0.3, 0.4) is 0 Å². The van der Waals surface area contributed by atoms with Crippen molar-refractivity contribution < 1.29 is 48.3 Å². The Kier molecular flexibility index (Phi) is 8.13. The van der Waals surface area contributed by atoms with E-state index >= 15 is 0 Å². The molecule has 0 amide bonds. The van der Waals surface area contributed by atoms with Gasteiger partial charge in [0, 0.05) is 38.0 Å². The zero-order valence-electron chi connectivity index (χ0n) is 23.9. The van der Waals surface area contributed by atoms with E-state index in [1.807, 2.05) is 6.92 Å². The lowest BCUT2D eigenvalue weighted by molar-refractivity contribution is -0.297. The van der Waals surface area contributed by atoms with Gasteiger partial charge in [-0.3, -0.25) is 14.4 Å². The van der Waals surface area contributed by atoms with E-state index in [1.165, 1.54) is 20.8 Å². The summed E-state index contributed by atoms with van der Waals surface area (Å²) in [6.45, 7) is 8.98. The molecule has 220 valence electrons. The Morgan fingerprint density at radius 2 is 1.56 bits per heavy atom. The Hall–Kier alpha value is -2.20. The largest absolute Gasteiger partial charge is 0.463 e. The van der Waals surface area contributed by atoms with Gasteiger partial charge in [-0.15, -0.1) is 0 Å². The zero-order chi connectivity index (χ0) is 28.9. The number of fused-ring (bicyclic) bond motifs is 5. The van der Waals surface area contributed by atoms with Crippen molar-refractivity contribution in [3.05, 3.63) is 0 Å². The highest BCUT2D eigenvalue weighted by molar-refractivity contribution is 5.71. The SMILES string of the molecule is CC(=O)OC1CC[C@@]2(C)C(CC[C@@H]3[C@@H]2C(OC(=O)CO)C(OC(C)=O)[C@]2(C)[C@@H](C(C)OC(C)=O)CC[C@@]32O)C1. The Morgan fingerprint density at radius 3 is 2.15 bits per heavy atom. The third kappa shape index (κ3) is 4.85. The number of carbonyl (C=O) groups is 4. The van der Waals surface area contributed by atoms with Gasteiger partial charge in [-0.25, -0.2) is 4.79 Å². The number of aliphatic hydroxyl groups is 2. The van der Waals surface area contributed by atoms with Crippen molar-refractivity contribution in [2.24, 2.45) is 34.5 Å². The van der Waals surface area contributed by atoms with Gasteiger partial charge in [-0.1, -0.05) is 13.8 Å². The molecule has 4 saturated carbocycles. The molecule has 0 heterocycles. The van der Waals surface area contributed by atoms with Gasteiger partial charge in [0.25, 0.3) is 0 Å². The second-order valence-corrected chi connectivity index (χ2v) is 12.7. The highest BCUT2D eigenvalue weighted by atomic mass is 16.6. The fourth-order valence-electron chi connectivity index (χ4n) is 9.36. The second kappa shape index (κ2) is 10.7. The van der Waals surface area contributed by atoms with Crippen LogP contribution in [0.2, 0.25) is 0 Å². The van der Waals surface area contributed by atoms with Crippen LogP contribution in [0.15, 0.2) is 0 Å². The summed E-state index contributed by atoms with van der Waals surface area (Å²) in [5, 5.41) is 22.3. The van der Waals surface area contributed by atoms with Crippen LogP contribution in [0.5, 0.6) is 0 Å². The van der Waals surface area contributed by atoms with Crippen LogP contribution >= 0.6 is 0 Å². The maximum Gasteiger partial charge on any atom is 0.332 e. The van der Waals surface area contributed by atoms with Crippen LogP contribution < -0.4 is 0 Å². The molecule has 39 heavy (non-hydrogen) atoms. The molecule has 4 rings (SSSR count). The third-order valence-electron chi connectivity index (χ3n) is 10.8. The molecule has 10 heteroatoms. The van der Waals surface area contributed by atoms with Crippen LogP contribution in [-0.2, 0) is 38.1 Å². The summed E-state index contributed by atoms with van der Waals surface area (Å²) < 4.78 is 23.1. The zero-order valence-corrected chi connectivity index (χ0v) is 23.9. The predicted octanol–water partition coefficient (Wildman–Crippen LogP) is 2.70. The monoisotopic (exact) mass is 552 g/mol. The lowest BCUT2D eigenvalue weighted by Crippen LogP contribution is -2.73. The van der Waals surface area contributed by atoms with Crippen molar-refractivity contribution in [1.29, 1.82) is 0 Å². The van der Waals surface area contributed by atoms with E-state index < -0.39 is 59.3 Å². The molecule has 0 radical (unpaired) electrons. The van der Waals surface area contributed by atoms with Crippen molar-refractivity contribution in [2.45, 2.75) is 117 Å². The first kappa shape index (κ1) is 29.8. The number of aliphatic hydroxyl groups excluding tert-OH is 1. The predicted molar refractivity (Wildman–Crippen MR) is 137 cm³/mol. The minimum atomic E-state index is -1.28. The van der Waals surface area contributed by atoms with E-state index in [2.05, 4.69) is 6.92 Å². The Labute approximate surface area is 230 Å². The maximum atomic E-state index is 12.7. The Morgan fingerprint density at radius 1 is 0.897 bits per heavy atom. The molecule has 4 fully saturated rings. The van der Waals surface area contributed by atoms with Gasteiger partial charge in [0.1, 0.15) is 31.0 Å². The summed E-state index contributed by atoms with van der Waals surface area (Å²) in [6.07, 6.45) is 1.68. The maximum absolute atomic E-state index is 12.7. The standard InChI is InChI=1S/C29H44O10/c1-15(36-16(2)31)21-10-12-29(35)22-8-7-19-13-20(37-17(3)32)9-11-27(19,5)24(22)25(39-23(34)14-30)26(28(21,29)6)38-18(4)33/h15,19-22,24-26,30,35H,7-14H2,1-6H3/t15?,19?,20?,21-,22-,24-,25?,26?,27+,28+,29-/m1/s1. The van der Waals surface area contributed by atoms with Crippen LogP contribution in [0.1, 0.15) is 86.5 Å². The number of ether oxygens (including phenoxy) is 4. The molecule has 2 N–H and O–H groups in total. The normalized spacial score (nSPS) is 43.6. The molecule has 0 aromatic carbocycles. The van der Waals surface area contributed by atoms with Crippen molar-refractivity contribution in [2.75, 3.05) is 6.61 Å². The topological polar surface area (TPSA) is 146 Å². The first-order valence-electron chi connectivity index (χ1n) is 14.2. The summed E-state index contributed by atoms with van der Waals surface area (Å²) in [5.74, 6) is -3.04. The fourth-order valence-corrected chi connectivity index (χ4v) is 9.36. The van der Waals surface area contributed by atoms with Crippen LogP contribution in [0.4, 0.5) is 0 Å². The highest BCUT2D eigenvalue weighted by Crippen LogP contribution is 2.70. The minimum Gasteiger partial charge on any atom is -0.463 e. The van der Waals surface area contributed by atoms with Gasteiger partial charge in [-0.05, 0) is 69.1 Å². The van der Waals surface area contributed by atoms with Crippen molar-refractivity contribution in [3.63, 3.8) is 0 Å². The number of hydrogen-bond acceptors (Lipinski definition) is 10. The molecule has 4 aliphatic rings. The first-order valence-corrected chi connectivity index (χ1v) is 14.2. The lowest BCUT2D eigenvalue weighted by Gasteiger charge is -2.67. The Bertz CT molecular complexity index is 997. The van der Waals surface area contributed by atoms with E-state index in [1.54, 1.807) is 6.92 Å². The van der Waals surface area contributed by atoms with E-state index in [0.717, 1.165) is 6.42 Å². The number of carbonyl (C=O) groups excluding carboxylic acids is 4. The molecule has 0 spiro atoms. The van der Waals surface area contributed by atoms with Gasteiger partial charge in [0.15, 0.2) is 0 Å². The summed E-state index contributed by atoms with van der Waals surface area (Å²) in [5.41, 5.74) is -2.78. The third-order valence-corrected chi connectivity index (χ3v) is 10.8. The van der Waals surface area contributed by atoms with E-state index in [0.29, 0.717) is 38.5 Å². The second-order valence-electron chi connectivity index (χ2n) is 12.7. The van der Waals surface area contributed by atoms with E-state index in [4.69, 9.17) is 18.9 Å². The molecule has 0 aliphatic heterocycles. The highest BCUT2D eigenvalue weighted by Gasteiger charge is 2.76. The van der Waals surface area contributed by atoms with Crippen LogP contribution in [0, 0.1) is 34.5 Å². The molecule has 0 saturated heterocycles. The average molecular weight is 553 g/mol. The molecule has 10 nitrogen and oxygen atoms in total. The fraction of sp³-hybridized carbons (Fsp3) is 0.862. The smallest absolute Gasteiger partial charge is 0.332 e. The van der Waals surface area contributed by atoms with Crippen molar-refractivity contribution in [3.8, 4) is 0 Å². The Balaban J connectivity index is 1.83. The molecule has 0 bridgehead atoms. The minimum absolute atomic E-state index is 0.135. The number of rotatable bonds is 6.